The van der Waals surface area contributed by atoms with Gasteiger partial charge in [0, 0.05) is 23.8 Å². The zero-order valence-electron chi connectivity index (χ0n) is 12.1. The van der Waals surface area contributed by atoms with E-state index in [1.807, 2.05) is 39.0 Å². The highest BCUT2D eigenvalue weighted by Crippen LogP contribution is 2.22. The zero-order valence-corrected chi connectivity index (χ0v) is 12.9. The SMILES string of the molecule is Cc1c(Cl)cccc1NC(=O)CN1C[C@H](C)O[C@@H](C)C1. The molecule has 1 saturated heterocycles. The standard InChI is InChI=1S/C15H21ClN2O2/c1-10-7-18(8-11(2)20-10)9-15(19)17-14-6-4-5-13(16)12(14)3/h4-6,10-11H,7-9H2,1-3H3,(H,17,19)/t10-,11-/m0/s1. The van der Waals surface area contributed by atoms with Crippen LogP contribution in [0.25, 0.3) is 0 Å². The first-order valence-corrected chi connectivity index (χ1v) is 7.26. The monoisotopic (exact) mass is 296 g/mol. The smallest absolute Gasteiger partial charge is 0.238 e. The molecule has 1 N–H and O–H groups in total. The number of hydrogen-bond acceptors (Lipinski definition) is 3. The summed E-state index contributed by atoms with van der Waals surface area (Å²) in [6, 6.07) is 5.52. The molecule has 2 atom stereocenters. The molecule has 110 valence electrons. The third kappa shape index (κ3) is 3.95. The number of rotatable bonds is 3. The molecule has 1 aromatic rings. The summed E-state index contributed by atoms with van der Waals surface area (Å²) in [5, 5.41) is 3.59. The van der Waals surface area contributed by atoms with Crippen molar-refractivity contribution in [3.8, 4) is 0 Å². The van der Waals surface area contributed by atoms with Crippen LogP contribution in [0.15, 0.2) is 18.2 Å². The summed E-state index contributed by atoms with van der Waals surface area (Å²) in [4.78, 5) is 14.2. The number of amides is 1. The molecule has 1 heterocycles. The molecule has 0 spiro atoms. The second kappa shape index (κ2) is 6.57. The second-order valence-electron chi connectivity index (χ2n) is 5.41. The van der Waals surface area contributed by atoms with E-state index in [1.165, 1.54) is 0 Å². The summed E-state index contributed by atoms with van der Waals surface area (Å²) in [5.41, 5.74) is 1.67. The van der Waals surface area contributed by atoms with E-state index in [2.05, 4.69) is 10.2 Å². The first-order chi connectivity index (χ1) is 9.45. The fourth-order valence-corrected chi connectivity index (χ4v) is 2.72. The molecule has 0 radical (unpaired) electrons. The number of nitrogens with zero attached hydrogens (tertiary/aromatic N) is 1. The number of morpholine rings is 1. The van der Waals surface area contributed by atoms with E-state index in [0.29, 0.717) is 11.6 Å². The van der Waals surface area contributed by atoms with Crippen LogP contribution in [-0.4, -0.2) is 42.6 Å². The number of ether oxygens (including phenoxy) is 1. The van der Waals surface area contributed by atoms with Gasteiger partial charge < -0.3 is 10.1 Å². The topological polar surface area (TPSA) is 41.6 Å². The quantitative estimate of drug-likeness (QED) is 0.932. The summed E-state index contributed by atoms with van der Waals surface area (Å²) in [6.07, 6.45) is 0.332. The molecule has 1 fully saturated rings. The lowest BCUT2D eigenvalue weighted by Gasteiger charge is -2.34. The molecule has 1 aromatic carbocycles. The minimum Gasteiger partial charge on any atom is -0.373 e. The fraction of sp³-hybridized carbons (Fsp3) is 0.533. The van der Waals surface area contributed by atoms with Gasteiger partial charge in [0.05, 0.1) is 18.8 Å². The average molecular weight is 297 g/mol. The maximum absolute atomic E-state index is 12.1. The van der Waals surface area contributed by atoms with Gasteiger partial charge in [0.25, 0.3) is 0 Å². The van der Waals surface area contributed by atoms with E-state index in [1.54, 1.807) is 0 Å². The third-order valence-electron chi connectivity index (χ3n) is 3.40. The van der Waals surface area contributed by atoms with Gasteiger partial charge in [-0.2, -0.15) is 0 Å². The van der Waals surface area contributed by atoms with E-state index in [4.69, 9.17) is 16.3 Å². The highest BCUT2D eigenvalue weighted by molar-refractivity contribution is 6.31. The van der Waals surface area contributed by atoms with Crippen LogP contribution < -0.4 is 5.32 Å². The lowest BCUT2D eigenvalue weighted by molar-refractivity contribution is -0.121. The Morgan fingerprint density at radius 3 is 2.70 bits per heavy atom. The molecule has 0 aromatic heterocycles. The average Bonchev–Trinajstić information content (AvgIpc) is 2.33. The Kier molecular flexibility index (Phi) is 5.02. The van der Waals surface area contributed by atoms with E-state index in [0.717, 1.165) is 24.3 Å². The molecule has 1 amide bonds. The Labute approximate surface area is 125 Å². The normalized spacial score (nSPS) is 23.6. The number of anilines is 1. The largest absolute Gasteiger partial charge is 0.373 e. The summed E-state index contributed by atoms with van der Waals surface area (Å²) in [5.74, 6) is -0.0170. The molecule has 0 aliphatic carbocycles. The molecule has 1 aliphatic rings. The van der Waals surface area contributed by atoms with Gasteiger partial charge in [-0.1, -0.05) is 17.7 Å². The molecule has 5 heteroatoms. The Morgan fingerprint density at radius 1 is 1.40 bits per heavy atom. The van der Waals surface area contributed by atoms with E-state index in [9.17, 15) is 4.79 Å². The van der Waals surface area contributed by atoms with E-state index in [-0.39, 0.29) is 18.1 Å². The van der Waals surface area contributed by atoms with Gasteiger partial charge in [-0.3, -0.25) is 9.69 Å². The van der Waals surface area contributed by atoms with Crippen molar-refractivity contribution >= 4 is 23.2 Å². The Bertz CT molecular complexity index is 483. The fourth-order valence-electron chi connectivity index (χ4n) is 2.55. The van der Waals surface area contributed by atoms with Crippen LogP contribution in [-0.2, 0) is 9.53 Å². The third-order valence-corrected chi connectivity index (χ3v) is 3.81. The van der Waals surface area contributed by atoms with Gasteiger partial charge in [0.15, 0.2) is 0 Å². The molecule has 1 aliphatic heterocycles. The first kappa shape index (κ1) is 15.3. The molecule has 0 saturated carbocycles. The molecule has 0 unspecified atom stereocenters. The summed E-state index contributed by atoms with van der Waals surface area (Å²) in [7, 11) is 0. The highest BCUT2D eigenvalue weighted by Gasteiger charge is 2.23. The Morgan fingerprint density at radius 2 is 2.05 bits per heavy atom. The van der Waals surface area contributed by atoms with Gasteiger partial charge >= 0.3 is 0 Å². The summed E-state index contributed by atoms with van der Waals surface area (Å²) in [6.45, 7) is 7.91. The lowest BCUT2D eigenvalue weighted by Crippen LogP contribution is -2.48. The van der Waals surface area contributed by atoms with Crippen LogP contribution in [0, 0.1) is 6.92 Å². The van der Waals surface area contributed by atoms with Gasteiger partial charge in [0.1, 0.15) is 0 Å². The van der Waals surface area contributed by atoms with E-state index >= 15 is 0 Å². The van der Waals surface area contributed by atoms with Crippen molar-refractivity contribution in [1.82, 2.24) is 4.90 Å². The van der Waals surface area contributed by atoms with Crippen LogP contribution >= 0.6 is 11.6 Å². The Hall–Kier alpha value is -1.10. The van der Waals surface area contributed by atoms with Gasteiger partial charge in [0.2, 0.25) is 5.91 Å². The minimum atomic E-state index is -0.0170. The number of carbonyl (C=O) groups is 1. The number of halogens is 1. The van der Waals surface area contributed by atoms with Crippen LogP contribution in [0.5, 0.6) is 0 Å². The molecular weight excluding hydrogens is 276 g/mol. The summed E-state index contributed by atoms with van der Waals surface area (Å²) >= 11 is 6.05. The zero-order chi connectivity index (χ0) is 14.7. The second-order valence-corrected chi connectivity index (χ2v) is 5.82. The molecular formula is C15H21ClN2O2. The van der Waals surface area contributed by atoms with Crippen molar-refractivity contribution < 1.29 is 9.53 Å². The number of nitrogens with one attached hydrogen (secondary N) is 1. The number of hydrogen-bond donors (Lipinski definition) is 1. The molecule has 20 heavy (non-hydrogen) atoms. The Balaban J connectivity index is 1.94. The molecule has 2 rings (SSSR count). The molecule has 0 bridgehead atoms. The van der Waals surface area contributed by atoms with Gasteiger partial charge in [-0.25, -0.2) is 0 Å². The highest BCUT2D eigenvalue weighted by atomic mass is 35.5. The number of benzene rings is 1. The van der Waals surface area contributed by atoms with Crippen molar-refractivity contribution in [2.45, 2.75) is 33.0 Å². The van der Waals surface area contributed by atoms with E-state index < -0.39 is 0 Å². The van der Waals surface area contributed by atoms with Crippen LogP contribution in [0.2, 0.25) is 5.02 Å². The van der Waals surface area contributed by atoms with Crippen LogP contribution in [0.1, 0.15) is 19.4 Å². The predicted molar refractivity (Wildman–Crippen MR) is 81.3 cm³/mol. The summed E-state index contributed by atoms with van der Waals surface area (Å²) < 4.78 is 5.66. The minimum absolute atomic E-state index is 0.0170. The number of carbonyl (C=O) groups excluding carboxylic acids is 1. The van der Waals surface area contributed by atoms with Crippen molar-refractivity contribution in [1.29, 1.82) is 0 Å². The predicted octanol–water partition coefficient (Wildman–Crippen LogP) is 2.70. The van der Waals surface area contributed by atoms with Crippen molar-refractivity contribution in [3.63, 3.8) is 0 Å². The van der Waals surface area contributed by atoms with Gasteiger partial charge in [-0.15, -0.1) is 0 Å². The lowest BCUT2D eigenvalue weighted by atomic mass is 10.2. The maximum atomic E-state index is 12.1. The van der Waals surface area contributed by atoms with Crippen molar-refractivity contribution in [3.05, 3.63) is 28.8 Å². The molecule has 4 nitrogen and oxygen atoms in total. The maximum Gasteiger partial charge on any atom is 0.238 e. The van der Waals surface area contributed by atoms with Crippen LogP contribution in [0.4, 0.5) is 5.69 Å². The first-order valence-electron chi connectivity index (χ1n) is 6.88. The van der Waals surface area contributed by atoms with Gasteiger partial charge in [-0.05, 0) is 38.5 Å². The van der Waals surface area contributed by atoms with Crippen LogP contribution in [0.3, 0.4) is 0 Å². The van der Waals surface area contributed by atoms with Crippen molar-refractivity contribution in [2.75, 3.05) is 25.0 Å². The van der Waals surface area contributed by atoms with Crippen molar-refractivity contribution in [2.24, 2.45) is 0 Å².